The van der Waals surface area contributed by atoms with Crippen molar-refractivity contribution in [3.8, 4) is 11.3 Å². The lowest BCUT2D eigenvalue weighted by atomic mass is 10.1. The van der Waals surface area contributed by atoms with Crippen LogP contribution >= 0.6 is 15.9 Å². The molecule has 1 aromatic heterocycles. The van der Waals surface area contributed by atoms with Crippen molar-refractivity contribution in [2.45, 2.75) is 26.7 Å². The van der Waals surface area contributed by atoms with Gasteiger partial charge in [-0.1, -0.05) is 6.92 Å². The molecule has 1 N–H and O–H groups in total. The number of rotatable bonds is 3. The molecule has 0 atom stereocenters. The number of H-pyrrole nitrogens is 1. The van der Waals surface area contributed by atoms with Gasteiger partial charge in [-0.2, -0.15) is 0 Å². The minimum absolute atomic E-state index is 0.0495. The number of aromatic amines is 1. The second kappa shape index (κ2) is 5.83. The number of hydrogen-bond acceptors (Lipinski definition) is 2. The third-order valence-electron chi connectivity index (χ3n) is 2.97. The van der Waals surface area contributed by atoms with Gasteiger partial charge in [-0.05, 0) is 41.4 Å². The maximum atomic E-state index is 14.1. The van der Waals surface area contributed by atoms with Gasteiger partial charge in [-0.25, -0.2) is 13.8 Å². The average molecular weight is 343 g/mol. The van der Waals surface area contributed by atoms with E-state index in [1.54, 1.807) is 0 Å². The van der Waals surface area contributed by atoms with E-state index in [9.17, 15) is 13.6 Å². The summed E-state index contributed by atoms with van der Waals surface area (Å²) in [4.78, 5) is 18.7. The van der Waals surface area contributed by atoms with Crippen LogP contribution in [-0.4, -0.2) is 9.97 Å². The Balaban J connectivity index is 2.75. The second-order valence-corrected chi connectivity index (χ2v) is 5.31. The highest BCUT2D eigenvalue weighted by Crippen LogP contribution is 2.30. The molecular weight excluding hydrogens is 330 g/mol. The molecule has 0 saturated carbocycles. The van der Waals surface area contributed by atoms with Crippen molar-refractivity contribution in [1.29, 1.82) is 0 Å². The van der Waals surface area contributed by atoms with Crippen LogP contribution in [0, 0.1) is 18.6 Å². The fraction of sp³-hybridized carbons (Fsp3) is 0.286. The summed E-state index contributed by atoms with van der Waals surface area (Å²) in [6, 6.07) is 2.42. The van der Waals surface area contributed by atoms with Gasteiger partial charge < -0.3 is 4.98 Å². The number of aromatic nitrogens is 2. The first-order valence-electron chi connectivity index (χ1n) is 6.19. The largest absolute Gasteiger partial charge is 0.310 e. The van der Waals surface area contributed by atoms with E-state index in [2.05, 4.69) is 25.9 Å². The molecule has 0 spiro atoms. The molecule has 1 heterocycles. The first kappa shape index (κ1) is 14.8. The predicted molar refractivity (Wildman–Crippen MR) is 76.6 cm³/mol. The molecule has 0 saturated heterocycles. The van der Waals surface area contributed by atoms with Crippen molar-refractivity contribution >= 4 is 15.9 Å². The van der Waals surface area contributed by atoms with Crippen molar-refractivity contribution in [3.05, 3.63) is 50.0 Å². The lowest BCUT2D eigenvalue weighted by Crippen LogP contribution is -2.17. The molecule has 0 unspecified atom stereocenters. The maximum absolute atomic E-state index is 14.1. The van der Waals surface area contributed by atoms with Crippen molar-refractivity contribution in [1.82, 2.24) is 9.97 Å². The molecule has 2 aromatic rings. The number of benzene rings is 1. The molecule has 0 aliphatic carbocycles. The van der Waals surface area contributed by atoms with E-state index >= 15 is 0 Å². The van der Waals surface area contributed by atoms with Gasteiger partial charge in [-0.15, -0.1) is 0 Å². The minimum Gasteiger partial charge on any atom is -0.310 e. The summed E-state index contributed by atoms with van der Waals surface area (Å²) in [5.74, 6) is -1.07. The predicted octanol–water partition coefficient (Wildman–Crippen LogP) is 3.74. The zero-order valence-electron chi connectivity index (χ0n) is 11.1. The number of nitrogens with zero attached hydrogens (tertiary/aromatic N) is 1. The van der Waals surface area contributed by atoms with Gasteiger partial charge in [0.2, 0.25) is 0 Å². The Morgan fingerprint density at radius 2 is 2.05 bits per heavy atom. The molecule has 0 radical (unpaired) electrons. The Kier molecular flexibility index (Phi) is 4.32. The third kappa shape index (κ3) is 2.65. The molecule has 0 aliphatic rings. The van der Waals surface area contributed by atoms with Crippen LogP contribution in [-0.2, 0) is 6.42 Å². The summed E-state index contributed by atoms with van der Waals surface area (Å²) >= 11 is 3.01. The molecule has 0 bridgehead atoms. The van der Waals surface area contributed by atoms with Crippen LogP contribution < -0.4 is 5.56 Å². The molecule has 20 heavy (non-hydrogen) atoms. The van der Waals surface area contributed by atoms with Gasteiger partial charge in [0.1, 0.15) is 17.5 Å². The van der Waals surface area contributed by atoms with Crippen LogP contribution in [0.4, 0.5) is 8.78 Å². The maximum Gasteiger partial charge on any atom is 0.254 e. The molecule has 0 aliphatic heterocycles. The highest BCUT2D eigenvalue weighted by atomic mass is 79.9. The zero-order chi connectivity index (χ0) is 14.9. The molecular formula is C14H13BrF2N2O. The van der Waals surface area contributed by atoms with Crippen LogP contribution in [0.2, 0.25) is 0 Å². The van der Waals surface area contributed by atoms with E-state index in [0.717, 1.165) is 12.5 Å². The zero-order valence-corrected chi connectivity index (χ0v) is 12.6. The molecule has 3 nitrogen and oxygen atoms in total. The standard InChI is InChI=1S/C14H13BrF2N2O/c1-3-4-10-18-13(7(2)14(20)19-10)11-9(16)6-5-8(15)12(11)17/h5-6H,3-4H2,1-2H3,(H,18,19,20). The van der Waals surface area contributed by atoms with E-state index in [1.165, 1.54) is 13.0 Å². The minimum atomic E-state index is -0.756. The molecule has 0 fully saturated rings. The highest BCUT2D eigenvalue weighted by Gasteiger charge is 2.19. The first-order chi connectivity index (χ1) is 9.45. The van der Waals surface area contributed by atoms with Crippen LogP contribution in [0.15, 0.2) is 21.4 Å². The van der Waals surface area contributed by atoms with Crippen molar-refractivity contribution in [3.63, 3.8) is 0 Å². The molecule has 1 aromatic carbocycles. The second-order valence-electron chi connectivity index (χ2n) is 4.45. The number of nitrogens with one attached hydrogen (secondary N) is 1. The molecule has 6 heteroatoms. The van der Waals surface area contributed by atoms with E-state index < -0.39 is 11.6 Å². The van der Waals surface area contributed by atoms with Gasteiger partial charge >= 0.3 is 0 Å². The normalized spacial score (nSPS) is 10.8. The van der Waals surface area contributed by atoms with E-state index in [-0.39, 0.29) is 26.9 Å². The Labute approximate surface area is 123 Å². The van der Waals surface area contributed by atoms with Crippen molar-refractivity contribution in [2.75, 3.05) is 0 Å². The Bertz CT molecular complexity index is 713. The Hall–Kier alpha value is -1.56. The number of halogens is 3. The summed E-state index contributed by atoms with van der Waals surface area (Å²) < 4.78 is 28.2. The molecule has 106 valence electrons. The monoisotopic (exact) mass is 342 g/mol. The van der Waals surface area contributed by atoms with Crippen molar-refractivity contribution < 1.29 is 8.78 Å². The number of hydrogen-bond donors (Lipinski definition) is 1. The number of aryl methyl sites for hydroxylation is 1. The highest BCUT2D eigenvalue weighted by molar-refractivity contribution is 9.10. The first-order valence-corrected chi connectivity index (χ1v) is 6.98. The van der Waals surface area contributed by atoms with E-state index in [1.807, 2.05) is 6.92 Å². The topological polar surface area (TPSA) is 45.8 Å². The Morgan fingerprint density at radius 3 is 2.70 bits per heavy atom. The summed E-state index contributed by atoms with van der Waals surface area (Å²) in [5, 5.41) is 0. The van der Waals surface area contributed by atoms with Gasteiger partial charge in [0.05, 0.1) is 15.7 Å². The molecule has 0 amide bonds. The van der Waals surface area contributed by atoms with Crippen LogP contribution in [0.5, 0.6) is 0 Å². The summed E-state index contributed by atoms with van der Waals surface area (Å²) in [6.07, 6.45) is 1.31. The van der Waals surface area contributed by atoms with Gasteiger partial charge in [0.25, 0.3) is 5.56 Å². The third-order valence-corrected chi connectivity index (χ3v) is 3.58. The van der Waals surface area contributed by atoms with Crippen LogP contribution in [0.25, 0.3) is 11.3 Å². The van der Waals surface area contributed by atoms with Gasteiger partial charge in [0, 0.05) is 12.0 Å². The van der Waals surface area contributed by atoms with Gasteiger partial charge in [0.15, 0.2) is 0 Å². The van der Waals surface area contributed by atoms with E-state index in [4.69, 9.17) is 0 Å². The lowest BCUT2D eigenvalue weighted by Gasteiger charge is -2.10. The quantitative estimate of drug-likeness (QED) is 0.863. The molecule has 2 rings (SSSR count). The Morgan fingerprint density at radius 1 is 1.35 bits per heavy atom. The summed E-state index contributed by atoms with van der Waals surface area (Å²) in [7, 11) is 0. The SMILES string of the molecule is CCCc1nc(-c2c(F)ccc(Br)c2F)c(C)c(=O)[nH]1. The fourth-order valence-corrected chi connectivity index (χ4v) is 2.25. The summed E-state index contributed by atoms with van der Waals surface area (Å²) in [6.45, 7) is 3.43. The fourth-order valence-electron chi connectivity index (χ4n) is 1.92. The smallest absolute Gasteiger partial charge is 0.254 e. The summed E-state index contributed by atoms with van der Waals surface area (Å²) in [5.41, 5.74) is -0.410. The van der Waals surface area contributed by atoms with Gasteiger partial charge in [-0.3, -0.25) is 4.79 Å². The van der Waals surface area contributed by atoms with Crippen molar-refractivity contribution in [2.24, 2.45) is 0 Å². The van der Waals surface area contributed by atoms with Crippen LogP contribution in [0.3, 0.4) is 0 Å². The van der Waals surface area contributed by atoms with E-state index in [0.29, 0.717) is 12.2 Å². The average Bonchev–Trinajstić information content (AvgIpc) is 2.40. The lowest BCUT2D eigenvalue weighted by molar-refractivity contribution is 0.583. The van der Waals surface area contributed by atoms with Crippen LogP contribution in [0.1, 0.15) is 24.7 Å².